The highest BCUT2D eigenvalue weighted by Gasteiger charge is 2.26. The predicted molar refractivity (Wildman–Crippen MR) is 53.1 cm³/mol. The third kappa shape index (κ3) is 2.76. The third-order valence-electron chi connectivity index (χ3n) is 2.78. The van der Waals surface area contributed by atoms with Gasteiger partial charge in [0.1, 0.15) is 0 Å². The van der Waals surface area contributed by atoms with Crippen molar-refractivity contribution in [2.45, 2.75) is 39.2 Å². The molecule has 0 aromatic heterocycles. The summed E-state index contributed by atoms with van der Waals surface area (Å²) in [5.41, 5.74) is 5.74. The second kappa shape index (κ2) is 4.83. The zero-order chi connectivity index (χ0) is 8.97. The van der Waals surface area contributed by atoms with Crippen LogP contribution in [-0.4, -0.2) is 30.6 Å². The first kappa shape index (κ1) is 10.0. The molecule has 0 amide bonds. The van der Waals surface area contributed by atoms with Crippen LogP contribution in [0, 0.1) is 5.92 Å². The summed E-state index contributed by atoms with van der Waals surface area (Å²) in [5.74, 6) is 0.895. The minimum atomic E-state index is 0.510. The second-order valence-corrected chi connectivity index (χ2v) is 3.99. The molecule has 2 heteroatoms. The summed E-state index contributed by atoms with van der Waals surface area (Å²) < 4.78 is 0. The summed E-state index contributed by atoms with van der Waals surface area (Å²) in [4.78, 5) is 2.54. The van der Waals surface area contributed by atoms with Gasteiger partial charge in [0.25, 0.3) is 0 Å². The summed E-state index contributed by atoms with van der Waals surface area (Å²) in [6.45, 7) is 8.21. The zero-order valence-corrected chi connectivity index (χ0v) is 8.42. The van der Waals surface area contributed by atoms with Crippen LogP contribution < -0.4 is 5.73 Å². The van der Waals surface area contributed by atoms with Gasteiger partial charge in [-0.1, -0.05) is 13.8 Å². The van der Waals surface area contributed by atoms with Crippen molar-refractivity contribution in [1.82, 2.24) is 4.90 Å². The predicted octanol–water partition coefficient (Wildman–Crippen LogP) is 1.46. The van der Waals surface area contributed by atoms with Crippen molar-refractivity contribution >= 4 is 0 Å². The van der Waals surface area contributed by atoms with Crippen LogP contribution in [0.2, 0.25) is 0 Å². The smallest absolute Gasteiger partial charge is 0.00450 e. The molecule has 0 bridgehead atoms. The van der Waals surface area contributed by atoms with Crippen LogP contribution in [0.3, 0.4) is 0 Å². The second-order valence-electron chi connectivity index (χ2n) is 3.99. The highest BCUT2D eigenvalue weighted by atomic mass is 15.1. The minimum absolute atomic E-state index is 0.510. The number of hydrogen-bond donors (Lipinski definition) is 1. The van der Waals surface area contributed by atoms with E-state index in [1.807, 2.05) is 0 Å². The van der Waals surface area contributed by atoms with Crippen LogP contribution in [0.1, 0.15) is 33.1 Å². The Morgan fingerprint density at radius 3 is 2.42 bits per heavy atom. The van der Waals surface area contributed by atoms with E-state index in [9.17, 15) is 0 Å². The van der Waals surface area contributed by atoms with Crippen molar-refractivity contribution in [3.05, 3.63) is 0 Å². The van der Waals surface area contributed by atoms with Crippen molar-refractivity contribution in [2.75, 3.05) is 19.6 Å². The average Bonchev–Trinajstić information content (AvgIpc) is 2.00. The van der Waals surface area contributed by atoms with E-state index in [1.54, 1.807) is 0 Å². The van der Waals surface area contributed by atoms with Gasteiger partial charge in [-0.25, -0.2) is 0 Å². The van der Waals surface area contributed by atoms with Gasteiger partial charge < -0.3 is 10.6 Å². The topological polar surface area (TPSA) is 29.3 Å². The normalized spacial score (nSPS) is 29.0. The Morgan fingerprint density at radius 1 is 1.33 bits per heavy atom. The first-order valence-corrected chi connectivity index (χ1v) is 5.24. The van der Waals surface area contributed by atoms with Crippen molar-refractivity contribution in [1.29, 1.82) is 0 Å². The van der Waals surface area contributed by atoms with E-state index < -0.39 is 0 Å². The molecular formula is C10H22N2. The van der Waals surface area contributed by atoms with Crippen LogP contribution >= 0.6 is 0 Å². The Labute approximate surface area is 76.1 Å². The van der Waals surface area contributed by atoms with E-state index in [0.717, 1.165) is 5.92 Å². The maximum atomic E-state index is 5.74. The molecule has 2 nitrogen and oxygen atoms in total. The van der Waals surface area contributed by atoms with Crippen LogP contribution in [0.5, 0.6) is 0 Å². The van der Waals surface area contributed by atoms with Gasteiger partial charge in [-0.05, 0) is 38.3 Å². The third-order valence-corrected chi connectivity index (χ3v) is 2.78. The minimum Gasteiger partial charge on any atom is -0.328 e. The first-order chi connectivity index (χ1) is 5.76. The van der Waals surface area contributed by atoms with Crippen molar-refractivity contribution in [2.24, 2.45) is 11.7 Å². The van der Waals surface area contributed by atoms with Gasteiger partial charge in [-0.2, -0.15) is 0 Å². The van der Waals surface area contributed by atoms with Gasteiger partial charge in [0.15, 0.2) is 0 Å². The fraction of sp³-hybridized carbons (Fsp3) is 1.00. The highest BCUT2D eigenvalue weighted by molar-refractivity contribution is 4.83. The lowest BCUT2D eigenvalue weighted by molar-refractivity contribution is 0.165. The summed E-state index contributed by atoms with van der Waals surface area (Å²) in [7, 11) is 0. The van der Waals surface area contributed by atoms with Gasteiger partial charge in [0.05, 0.1) is 0 Å². The highest BCUT2D eigenvalue weighted by Crippen LogP contribution is 2.26. The monoisotopic (exact) mass is 170 g/mol. The van der Waals surface area contributed by atoms with Crippen LogP contribution in [0.25, 0.3) is 0 Å². The van der Waals surface area contributed by atoms with E-state index in [1.165, 1.54) is 38.9 Å². The molecule has 72 valence electrons. The Balaban J connectivity index is 2.10. The molecule has 0 aromatic carbocycles. The molecule has 0 atom stereocenters. The van der Waals surface area contributed by atoms with Gasteiger partial charge in [0, 0.05) is 12.6 Å². The van der Waals surface area contributed by atoms with Gasteiger partial charge in [0.2, 0.25) is 0 Å². The Bertz CT molecular complexity index is 119. The molecule has 0 aliphatic heterocycles. The number of rotatable bonds is 5. The fourth-order valence-electron chi connectivity index (χ4n) is 2.00. The lowest BCUT2D eigenvalue weighted by Gasteiger charge is -2.36. The van der Waals surface area contributed by atoms with E-state index in [2.05, 4.69) is 18.7 Å². The molecule has 0 aromatic rings. The van der Waals surface area contributed by atoms with E-state index in [-0.39, 0.29) is 0 Å². The van der Waals surface area contributed by atoms with E-state index in [0.29, 0.717) is 6.04 Å². The molecule has 1 saturated carbocycles. The van der Waals surface area contributed by atoms with Crippen LogP contribution in [0.15, 0.2) is 0 Å². The molecular weight excluding hydrogens is 148 g/mol. The van der Waals surface area contributed by atoms with Crippen LogP contribution in [-0.2, 0) is 0 Å². The SMILES string of the molecule is CCCN(CC)CC1CC(N)C1. The molecule has 0 heterocycles. The molecule has 12 heavy (non-hydrogen) atoms. The Kier molecular flexibility index (Phi) is 4.02. The van der Waals surface area contributed by atoms with E-state index in [4.69, 9.17) is 5.73 Å². The summed E-state index contributed by atoms with van der Waals surface area (Å²) in [6, 6.07) is 0.510. The molecule has 1 rings (SSSR count). The molecule has 0 saturated heterocycles. The van der Waals surface area contributed by atoms with Gasteiger partial charge in [-0.15, -0.1) is 0 Å². The average molecular weight is 170 g/mol. The van der Waals surface area contributed by atoms with Crippen LogP contribution in [0.4, 0.5) is 0 Å². The largest absolute Gasteiger partial charge is 0.328 e. The zero-order valence-electron chi connectivity index (χ0n) is 8.42. The molecule has 2 N–H and O–H groups in total. The lowest BCUT2D eigenvalue weighted by Crippen LogP contribution is -2.42. The molecule has 0 spiro atoms. The molecule has 1 aliphatic carbocycles. The maximum Gasteiger partial charge on any atom is 0.00450 e. The number of nitrogens with two attached hydrogens (primary N) is 1. The maximum absolute atomic E-state index is 5.74. The Hall–Kier alpha value is -0.0800. The number of nitrogens with zero attached hydrogens (tertiary/aromatic N) is 1. The van der Waals surface area contributed by atoms with Gasteiger partial charge in [-0.3, -0.25) is 0 Å². The summed E-state index contributed by atoms with van der Waals surface area (Å²) in [5, 5.41) is 0. The van der Waals surface area contributed by atoms with Crippen molar-refractivity contribution in [3.63, 3.8) is 0 Å². The molecule has 1 fully saturated rings. The lowest BCUT2D eigenvalue weighted by atomic mass is 9.80. The molecule has 0 unspecified atom stereocenters. The van der Waals surface area contributed by atoms with E-state index >= 15 is 0 Å². The Morgan fingerprint density at radius 2 is 2.00 bits per heavy atom. The standard InChI is InChI=1S/C10H22N2/c1-3-5-12(4-2)8-9-6-10(11)7-9/h9-10H,3-8,11H2,1-2H3. The first-order valence-electron chi connectivity index (χ1n) is 5.24. The molecule has 1 aliphatic rings. The number of hydrogen-bond acceptors (Lipinski definition) is 2. The van der Waals surface area contributed by atoms with Gasteiger partial charge >= 0.3 is 0 Å². The summed E-state index contributed by atoms with van der Waals surface area (Å²) in [6.07, 6.45) is 3.77. The van der Waals surface area contributed by atoms with Crippen molar-refractivity contribution < 1.29 is 0 Å². The fourth-order valence-corrected chi connectivity index (χ4v) is 2.00. The van der Waals surface area contributed by atoms with Crippen molar-refractivity contribution in [3.8, 4) is 0 Å². The summed E-state index contributed by atoms with van der Waals surface area (Å²) >= 11 is 0. The quantitative estimate of drug-likeness (QED) is 0.677. The molecule has 0 radical (unpaired) electrons.